The normalized spacial score (nSPS) is 14.8. The first-order valence-electron chi connectivity index (χ1n) is 20.1. The number of unbranched alkanes of at least 4 members (excludes halogenated alkanes) is 3. The molecule has 1 atom stereocenters. The van der Waals surface area contributed by atoms with Gasteiger partial charge in [0.1, 0.15) is 25.1 Å². The number of rotatable bonds is 14. The Morgan fingerprint density at radius 2 is 1.65 bits per heavy atom. The highest BCUT2D eigenvalue weighted by atomic mass is 19.1. The molecule has 0 radical (unpaired) electrons. The topological polar surface area (TPSA) is 25.6 Å². The standard InChI is InChI=1S/C47H63FN4/c1-11-14-15-20-33-30-34-24-29-51(26-12-2)44-41(34)36(31-33)46(7,8)43-37(48)23-22-35(42(43)44)47(9,13-3)25-17-19-28-52-39(32-40(49-52)45(4,5)6)38-21-16-18-27-50(38)10/h16,18,21-24,27,29-32H,11-15,17,19-20,25-26,28H2,1-10H3/q+2. The summed E-state index contributed by atoms with van der Waals surface area (Å²) in [5.41, 5.74) is 10.0. The van der Waals surface area contributed by atoms with Crippen LogP contribution in [0.4, 0.5) is 4.39 Å². The molecule has 276 valence electrons. The Bertz CT molecular complexity index is 2060. The number of nitrogens with zero attached hydrogens (tertiary/aromatic N) is 4. The molecule has 1 aliphatic rings. The molecule has 0 bridgehead atoms. The molecule has 5 heteroatoms. The van der Waals surface area contributed by atoms with Crippen molar-refractivity contribution in [1.29, 1.82) is 0 Å². The Labute approximate surface area is 313 Å². The van der Waals surface area contributed by atoms with Crippen LogP contribution in [0.1, 0.15) is 142 Å². The molecule has 0 aliphatic heterocycles. The molecule has 1 aliphatic carbocycles. The van der Waals surface area contributed by atoms with Crippen molar-refractivity contribution in [2.45, 2.75) is 149 Å². The van der Waals surface area contributed by atoms with E-state index in [1.807, 2.05) is 0 Å². The maximum atomic E-state index is 16.5. The van der Waals surface area contributed by atoms with Gasteiger partial charge in [-0.15, -0.1) is 0 Å². The summed E-state index contributed by atoms with van der Waals surface area (Å²) in [4.78, 5) is 0. The van der Waals surface area contributed by atoms with Gasteiger partial charge in [0.25, 0.3) is 0 Å². The van der Waals surface area contributed by atoms with Crippen LogP contribution >= 0.6 is 0 Å². The predicted molar refractivity (Wildman–Crippen MR) is 214 cm³/mol. The van der Waals surface area contributed by atoms with E-state index in [4.69, 9.17) is 5.10 Å². The Kier molecular flexibility index (Phi) is 10.8. The number of aromatic nitrogens is 4. The minimum atomic E-state index is -0.462. The largest absolute Gasteiger partial charge is 0.258 e. The summed E-state index contributed by atoms with van der Waals surface area (Å²) in [5.74, 6) is -0.0840. The number of aryl methyl sites for hydroxylation is 4. The molecule has 0 saturated carbocycles. The van der Waals surface area contributed by atoms with Gasteiger partial charge >= 0.3 is 0 Å². The quantitative estimate of drug-likeness (QED) is 0.0835. The number of halogens is 1. The van der Waals surface area contributed by atoms with Crippen molar-refractivity contribution in [3.8, 4) is 22.6 Å². The zero-order valence-corrected chi connectivity index (χ0v) is 33.8. The van der Waals surface area contributed by atoms with Crippen LogP contribution in [0.5, 0.6) is 0 Å². The van der Waals surface area contributed by atoms with Crippen LogP contribution in [0.15, 0.2) is 67.0 Å². The van der Waals surface area contributed by atoms with E-state index in [0.29, 0.717) is 0 Å². The van der Waals surface area contributed by atoms with Gasteiger partial charge in [0, 0.05) is 47.6 Å². The van der Waals surface area contributed by atoms with Crippen molar-refractivity contribution < 1.29 is 13.5 Å². The second-order valence-corrected chi connectivity index (χ2v) is 17.3. The van der Waals surface area contributed by atoms with E-state index in [1.165, 1.54) is 63.8 Å². The summed E-state index contributed by atoms with van der Waals surface area (Å²) in [6.45, 7) is 22.2. The summed E-state index contributed by atoms with van der Waals surface area (Å²) in [6, 6.07) is 19.7. The third kappa shape index (κ3) is 6.97. The summed E-state index contributed by atoms with van der Waals surface area (Å²) in [6.07, 6.45) is 14.2. The highest BCUT2D eigenvalue weighted by molar-refractivity contribution is 6.01. The number of pyridine rings is 2. The Balaban J connectivity index is 1.39. The van der Waals surface area contributed by atoms with Crippen molar-refractivity contribution >= 4 is 10.8 Å². The van der Waals surface area contributed by atoms with Crippen LogP contribution in [-0.4, -0.2) is 9.78 Å². The van der Waals surface area contributed by atoms with Crippen LogP contribution in [-0.2, 0) is 42.8 Å². The van der Waals surface area contributed by atoms with E-state index in [1.54, 1.807) is 6.07 Å². The molecule has 52 heavy (non-hydrogen) atoms. The minimum absolute atomic E-state index is 0.0314. The predicted octanol–water partition coefficient (Wildman–Crippen LogP) is 11.2. The second kappa shape index (κ2) is 14.9. The lowest BCUT2D eigenvalue weighted by Gasteiger charge is -2.39. The summed E-state index contributed by atoms with van der Waals surface area (Å²) < 4.78 is 23.4. The lowest BCUT2D eigenvalue weighted by molar-refractivity contribution is -0.685. The molecule has 0 N–H and O–H groups in total. The molecule has 0 amide bonds. The highest BCUT2D eigenvalue weighted by Crippen LogP contribution is 2.52. The average Bonchev–Trinajstić information content (AvgIpc) is 3.54. The summed E-state index contributed by atoms with van der Waals surface area (Å²) >= 11 is 0. The van der Waals surface area contributed by atoms with Gasteiger partial charge in [-0.1, -0.05) is 99.8 Å². The zero-order chi connectivity index (χ0) is 37.4. The molecule has 0 fully saturated rings. The molecule has 3 heterocycles. The van der Waals surface area contributed by atoms with Crippen LogP contribution < -0.4 is 9.13 Å². The van der Waals surface area contributed by atoms with E-state index >= 15 is 4.39 Å². The van der Waals surface area contributed by atoms with Gasteiger partial charge in [-0.3, -0.25) is 4.68 Å². The van der Waals surface area contributed by atoms with E-state index in [-0.39, 0.29) is 16.6 Å². The molecule has 4 nitrogen and oxygen atoms in total. The zero-order valence-electron chi connectivity index (χ0n) is 33.8. The van der Waals surface area contributed by atoms with Crippen molar-refractivity contribution in [1.82, 2.24) is 9.78 Å². The van der Waals surface area contributed by atoms with Crippen LogP contribution in [0.2, 0.25) is 0 Å². The third-order valence-corrected chi connectivity index (χ3v) is 12.1. The fourth-order valence-corrected chi connectivity index (χ4v) is 8.72. The molecular weight excluding hydrogens is 640 g/mol. The maximum absolute atomic E-state index is 16.5. The van der Waals surface area contributed by atoms with Crippen molar-refractivity contribution in [3.05, 3.63) is 101 Å². The van der Waals surface area contributed by atoms with Gasteiger partial charge in [0.05, 0.1) is 16.6 Å². The Morgan fingerprint density at radius 3 is 2.35 bits per heavy atom. The van der Waals surface area contributed by atoms with Crippen molar-refractivity contribution in [2.75, 3.05) is 0 Å². The van der Waals surface area contributed by atoms with E-state index < -0.39 is 5.41 Å². The van der Waals surface area contributed by atoms with Gasteiger partial charge in [-0.05, 0) is 77.8 Å². The lowest BCUT2D eigenvalue weighted by Crippen LogP contribution is -2.40. The molecular formula is C47H63FN4+2. The molecule has 0 spiro atoms. The monoisotopic (exact) mass is 703 g/mol. The van der Waals surface area contributed by atoms with Gasteiger partial charge in [0.2, 0.25) is 11.4 Å². The number of hydrogen-bond donors (Lipinski definition) is 0. The average molecular weight is 703 g/mol. The fourth-order valence-electron chi connectivity index (χ4n) is 8.72. The lowest BCUT2D eigenvalue weighted by atomic mass is 9.64. The third-order valence-electron chi connectivity index (χ3n) is 12.1. The van der Waals surface area contributed by atoms with E-state index in [2.05, 4.69) is 144 Å². The van der Waals surface area contributed by atoms with Crippen LogP contribution in [0, 0.1) is 5.82 Å². The number of fused-ring (bicyclic) bond motifs is 2. The number of hydrogen-bond acceptors (Lipinski definition) is 1. The SMILES string of the molecule is CCCCCc1cc2c3c([n+](CCC)ccc3c1)-c1c(C(C)(CC)CCCCn3nc(C(C)(C)C)cc3-c3cccc[n+]3C)ccc(F)c1C2(C)C. The summed E-state index contributed by atoms with van der Waals surface area (Å²) in [7, 11) is 2.11. The highest BCUT2D eigenvalue weighted by Gasteiger charge is 2.44. The minimum Gasteiger partial charge on any atom is -0.258 e. The molecule has 0 saturated heterocycles. The Hall–Kier alpha value is -3.86. The Morgan fingerprint density at radius 1 is 0.865 bits per heavy atom. The maximum Gasteiger partial charge on any atom is 0.230 e. The first-order chi connectivity index (χ1) is 24.7. The molecule has 6 rings (SSSR count). The first-order valence-corrected chi connectivity index (χ1v) is 20.1. The van der Waals surface area contributed by atoms with Gasteiger partial charge in [-0.2, -0.15) is 14.2 Å². The second-order valence-electron chi connectivity index (χ2n) is 17.3. The van der Waals surface area contributed by atoms with Crippen LogP contribution in [0.25, 0.3) is 33.4 Å². The molecule has 2 aromatic carbocycles. The van der Waals surface area contributed by atoms with Crippen molar-refractivity contribution in [3.63, 3.8) is 0 Å². The molecule has 5 aromatic rings. The van der Waals surface area contributed by atoms with Gasteiger partial charge in [-0.25, -0.2) is 4.39 Å². The fraction of sp³-hybridized carbons (Fsp3) is 0.511. The number of benzene rings is 2. The first kappa shape index (κ1) is 37.9. The van der Waals surface area contributed by atoms with Crippen LogP contribution in [0.3, 0.4) is 0 Å². The van der Waals surface area contributed by atoms with E-state index in [9.17, 15) is 0 Å². The van der Waals surface area contributed by atoms with Crippen molar-refractivity contribution in [2.24, 2.45) is 7.05 Å². The van der Waals surface area contributed by atoms with Gasteiger partial charge < -0.3 is 0 Å². The smallest absolute Gasteiger partial charge is 0.230 e. The molecule has 3 aromatic heterocycles. The van der Waals surface area contributed by atoms with Gasteiger partial charge in [0.15, 0.2) is 12.4 Å². The van der Waals surface area contributed by atoms with E-state index in [0.717, 1.165) is 68.4 Å². The molecule has 1 unspecified atom stereocenters. The summed E-state index contributed by atoms with van der Waals surface area (Å²) in [5, 5.41) is 7.75.